The topological polar surface area (TPSA) is 86.2 Å². The van der Waals surface area contributed by atoms with E-state index in [9.17, 15) is 9.18 Å². The summed E-state index contributed by atoms with van der Waals surface area (Å²) in [6.07, 6.45) is 5.54. The second kappa shape index (κ2) is 12.1. The number of halogens is 1. The number of rotatable bonds is 8. The molecule has 3 heterocycles. The number of nitrogens with one attached hydrogen (secondary N) is 1. The summed E-state index contributed by atoms with van der Waals surface area (Å²) in [6, 6.07) is 25.6. The van der Waals surface area contributed by atoms with Crippen LogP contribution in [-0.2, 0) is 28.2 Å². The Hall–Kier alpha value is -4.69. The van der Waals surface area contributed by atoms with Gasteiger partial charge in [0.1, 0.15) is 5.60 Å². The van der Waals surface area contributed by atoms with Crippen LogP contribution in [0.1, 0.15) is 56.9 Å². The van der Waals surface area contributed by atoms with E-state index in [1.165, 1.54) is 12.3 Å². The number of carbonyl (C=O) groups is 1. The van der Waals surface area contributed by atoms with Crippen LogP contribution in [0.3, 0.4) is 0 Å². The van der Waals surface area contributed by atoms with Gasteiger partial charge in [0.25, 0.3) is 0 Å². The average molecular weight is 591 g/mol. The van der Waals surface area contributed by atoms with Crippen LogP contribution in [0.15, 0.2) is 91.3 Å². The molecule has 44 heavy (non-hydrogen) atoms. The highest BCUT2D eigenvalue weighted by atomic mass is 19.1. The third-order valence-corrected chi connectivity index (χ3v) is 7.87. The second-order valence-corrected chi connectivity index (χ2v) is 12.2. The Labute approximate surface area is 256 Å². The monoisotopic (exact) mass is 590 g/mol. The molecule has 0 bridgehead atoms. The molecule has 2 aromatic carbocycles. The number of fused-ring (bicyclic) bond motifs is 1. The van der Waals surface area contributed by atoms with E-state index in [4.69, 9.17) is 14.5 Å². The van der Waals surface area contributed by atoms with Crippen molar-refractivity contribution < 1.29 is 18.7 Å². The first-order valence-corrected chi connectivity index (χ1v) is 14.8. The van der Waals surface area contributed by atoms with Gasteiger partial charge in [-0.05, 0) is 81.0 Å². The summed E-state index contributed by atoms with van der Waals surface area (Å²) in [4.78, 5) is 26.0. The molecule has 5 aromatic rings. The lowest BCUT2D eigenvalue weighted by molar-refractivity contribution is 0.0377. The van der Waals surface area contributed by atoms with Crippen LogP contribution >= 0.6 is 0 Å². The highest BCUT2D eigenvalue weighted by Gasteiger charge is 2.41. The van der Waals surface area contributed by atoms with Gasteiger partial charge < -0.3 is 14.8 Å². The maximum atomic E-state index is 13.5. The lowest BCUT2D eigenvalue weighted by atomic mass is 9.71. The molecule has 0 saturated heterocycles. The molecular formula is C36H35FN4O3. The maximum absolute atomic E-state index is 13.5. The predicted molar refractivity (Wildman–Crippen MR) is 168 cm³/mol. The van der Waals surface area contributed by atoms with Gasteiger partial charge in [-0.15, -0.1) is 0 Å². The van der Waals surface area contributed by atoms with Crippen molar-refractivity contribution in [2.45, 2.75) is 64.4 Å². The molecule has 1 N–H and O–H groups in total. The lowest BCUT2D eigenvalue weighted by Crippen LogP contribution is -2.52. The molecule has 6 rings (SSSR count). The predicted octanol–water partition coefficient (Wildman–Crippen LogP) is 8.12. The Morgan fingerprint density at radius 1 is 0.909 bits per heavy atom. The van der Waals surface area contributed by atoms with Gasteiger partial charge in [-0.25, -0.2) is 14.8 Å². The molecule has 0 atom stereocenters. The lowest BCUT2D eigenvalue weighted by Gasteiger charge is -2.43. The van der Waals surface area contributed by atoms with Gasteiger partial charge in [-0.1, -0.05) is 54.6 Å². The minimum absolute atomic E-state index is 0.241. The number of nitrogens with zero attached hydrogens (tertiary/aromatic N) is 3. The van der Waals surface area contributed by atoms with Gasteiger partial charge in [0.05, 0.1) is 35.7 Å². The van der Waals surface area contributed by atoms with E-state index in [0.717, 1.165) is 63.8 Å². The highest BCUT2D eigenvalue weighted by molar-refractivity contribution is 5.92. The van der Waals surface area contributed by atoms with Crippen molar-refractivity contribution in [3.8, 4) is 22.4 Å². The number of aromatic nitrogens is 3. The van der Waals surface area contributed by atoms with E-state index in [2.05, 4.69) is 57.7 Å². The van der Waals surface area contributed by atoms with Crippen molar-refractivity contribution >= 4 is 17.0 Å². The fraction of sp³-hybridized carbons (Fsp3) is 0.278. The molecule has 7 nitrogen and oxygen atoms in total. The van der Waals surface area contributed by atoms with Crippen LogP contribution in [0.25, 0.3) is 33.3 Å². The van der Waals surface area contributed by atoms with E-state index in [-0.39, 0.29) is 13.2 Å². The summed E-state index contributed by atoms with van der Waals surface area (Å²) in [5, 5.41) is 4.03. The van der Waals surface area contributed by atoms with Gasteiger partial charge in [0.2, 0.25) is 5.95 Å². The molecule has 1 aliphatic carbocycles. The first-order chi connectivity index (χ1) is 21.2. The number of amides is 1. The number of benzene rings is 2. The van der Waals surface area contributed by atoms with E-state index in [0.29, 0.717) is 5.56 Å². The van der Waals surface area contributed by atoms with Crippen molar-refractivity contribution in [1.82, 2.24) is 20.3 Å². The third kappa shape index (κ3) is 6.45. The summed E-state index contributed by atoms with van der Waals surface area (Å²) in [6.45, 7) is 6.09. The van der Waals surface area contributed by atoms with Crippen molar-refractivity contribution in [3.63, 3.8) is 0 Å². The molecule has 1 aliphatic rings. The first kappa shape index (κ1) is 29.4. The summed E-state index contributed by atoms with van der Waals surface area (Å²) in [7, 11) is 0. The normalized spacial score (nSPS) is 14.2. The maximum Gasteiger partial charge on any atom is 0.408 e. The summed E-state index contributed by atoms with van der Waals surface area (Å²) in [5.41, 5.74) is 6.15. The Morgan fingerprint density at radius 2 is 1.66 bits per heavy atom. The zero-order chi connectivity index (χ0) is 30.7. The third-order valence-electron chi connectivity index (χ3n) is 7.87. The SMILES string of the molecule is CC(C)(C)OC(=O)NC1(c2ccc(-c3nc4ccnc(COCc5ccnc(F)c5)c4cc3-c3ccccc3)cc2)CCC1. The Morgan fingerprint density at radius 3 is 2.34 bits per heavy atom. The number of hydrogen-bond donors (Lipinski definition) is 1. The van der Waals surface area contributed by atoms with Crippen LogP contribution in [-0.4, -0.2) is 26.6 Å². The van der Waals surface area contributed by atoms with Crippen LogP contribution < -0.4 is 5.32 Å². The van der Waals surface area contributed by atoms with Gasteiger partial charge in [-0.3, -0.25) is 4.98 Å². The Bertz CT molecular complexity index is 1780. The highest BCUT2D eigenvalue weighted by Crippen LogP contribution is 2.42. The fourth-order valence-electron chi connectivity index (χ4n) is 5.59. The van der Waals surface area contributed by atoms with Gasteiger partial charge in [0, 0.05) is 28.9 Å². The number of alkyl carbamates (subject to hydrolysis) is 1. The van der Waals surface area contributed by atoms with Crippen LogP contribution in [0.2, 0.25) is 0 Å². The summed E-state index contributed by atoms with van der Waals surface area (Å²) < 4.78 is 25.0. The zero-order valence-electron chi connectivity index (χ0n) is 25.1. The molecule has 224 valence electrons. The second-order valence-electron chi connectivity index (χ2n) is 12.2. The van der Waals surface area contributed by atoms with Gasteiger partial charge in [-0.2, -0.15) is 4.39 Å². The largest absolute Gasteiger partial charge is 0.444 e. The van der Waals surface area contributed by atoms with E-state index in [1.807, 2.05) is 45.0 Å². The van der Waals surface area contributed by atoms with Crippen molar-refractivity contribution in [2.24, 2.45) is 0 Å². The van der Waals surface area contributed by atoms with E-state index < -0.39 is 23.2 Å². The van der Waals surface area contributed by atoms with Crippen molar-refractivity contribution in [3.05, 3.63) is 114 Å². The molecule has 1 amide bonds. The van der Waals surface area contributed by atoms with E-state index in [1.54, 1.807) is 12.3 Å². The Kier molecular flexibility index (Phi) is 8.10. The molecule has 1 fully saturated rings. The van der Waals surface area contributed by atoms with E-state index >= 15 is 0 Å². The summed E-state index contributed by atoms with van der Waals surface area (Å²) >= 11 is 0. The Balaban J connectivity index is 1.32. The number of carbonyl (C=O) groups excluding carboxylic acids is 1. The van der Waals surface area contributed by atoms with Gasteiger partial charge in [0.15, 0.2) is 0 Å². The fourth-order valence-corrected chi connectivity index (χ4v) is 5.59. The van der Waals surface area contributed by atoms with Gasteiger partial charge >= 0.3 is 6.09 Å². The van der Waals surface area contributed by atoms with Crippen molar-refractivity contribution in [1.29, 1.82) is 0 Å². The average Bonchev–Trinajstić information content (AvgIpc) is 2.98. The zero-order valence-corrected chi connectivity index (χ0v) is 25.1. The molecule has 8 heteroatoms. The smallest absolute Gasteiger partial charge is 0.408 e. The van der Waals surface area contributed by atoms with Crippen LogP contribution in [0, 0.1) is 5.95 Å². The quantitative estimate of drug-likeness (QED) is 0.184. The number of hydrogen-bond acceptors (Lipinski definition) is 6. The molecule has 0 spiro atoms. The number of pyridine rings is 3. The summed E-state index contributed by atoms with van der Waals surface area (Å²) in [5.74, 6) is -0.534. The molecule has 3 aromatic heterocycles. The first-order valence-electron chi connectivity index (χ1n) is 14.8. The standard InChI is InChI=1S/C36H35FN4O3/c1-35(2,3)44-34(42)41-36(16-7-17-36)27-12-10-26(11-13-27)33-28(25-8-5-4-6-9-25)21-29-30(40-33)15-19-38-31(29)23-43-22-24-14-18-39-32(37)20-24/h4-6,8-15,18-21H,7,16-17,22-23H2,1-3H3,(H,41,42). The molecule has 0 radical (unpaired) electrons. The molecule has 0 unspecified atom stereocenters. The molecule has 0 aliphatic heterocycles. The number of ether oxygens (including phenoxy) is 2. The molecular weight excluding hydrogens is 555 g/mol. The van der Waals surface area contributed by atoms with Crippen molar-refractivity contribution in [2.75, 3.05) is 0 Å². The van der Waals surface area contributed by atoms with Crippen LogP contribution in [0.5, 0.6) is 0 Å². The minimum atomic E-state index is -0.561. The molecule has 1 saturated carbocycles. The minimum Gasteiger partial charge on any atom is -0.444 e. The van der Waals surface area contributed by atoms with Crippen LogP contribution in [0.4, 0.5) is 9.18 Å².